The molecule has 1 N–H and O–H groups in total. The van der Waals surface area contributed by atoms with Crippen LogP contribution in [-0.2, 0) is 6.18 Å². The van der Waals surface area contributed by atoms with E-state index in [4.69, 9.17) is 0 Å². The lowest BCUT2D eigenvalue weighted by molar-refractivity contribution is -0.141. The normalized spacial score (nSPS) is 11.6. The Morgan fingerprint density at radius 1 is 1.32 bits per heavy atom. The molecular weight excluding hydrogens is 279 g/mol. The van der Waals surface area contributed by atoms with Crippen molar-refractivity contribution in [2.24, 2.45) is 0 Å². The van der Waals surface area contributed by atoms with Gasteiger partial charge in [0.05, 0.1) is 0 Å². The second kappa shape index (κ2) is 5.08. The maximum Gasteiger partial charge on any atom is 0.435 e. The van der Waals surface area contributed by atoms with E-state index in [0.29, 0.717) is 11.0 Å². The van der Waals surface area contributed by atoms with Gasteiger partial charge >= 0.3 is 6.18 Å². The topological polar surface area (TPSA) is 55.6 Å². The third-order valence-electron chi connectivity index (χ3n) is 2.25. The monoisotopic (exact) mass is 289 g/mol. The highest BCUT2D eigenvalue weighted by atomic mass is 32.2. The number of aromatic nitrogens is 4. The Morgan fingerprint density at radius 3 is 2.58 bits per heavy atom. The van der Waals surface area contributed by atoms with Crippen molar-refractivity contribution < 1.29 is 13.2 Å². The largest absolute Gasteiger partial charge is 0.435 e. The van der Waals surface area contributed by atoms with Crippen LogP contribution in [0.15, 0.2) is 23.5 Å². The summed E-state index contributed by atoms with van der Waals surface area (Å²) >= 11 is 1.29. The van der Waals surface area contributed by atoms with E-state index in [0.717, 1.165) is 10.7 Å². The zero-order valence-corrected chi connectivity index (χ0v) is 10.9. The number of alkyl halides is 3. The fourth-order valence-electron chi connectivity index (χ4n) is 1.35. The molecule has 19 heavy (non-hydrogen) atoms. The first-order valence-electron chi connectivity index (χ1n) is 5.18. The lowest BCUT2D eigenvalue weighted by atomic mass is 10.4. The Balaban J connectivity index is 2.43. The first-order chi connectivity index (χ1) is 8.94. The summed E-state index contributed by atoms with van der Waals surface area (Å²) in [6, 6.07) is 2.42. The van der Waals surface area contributed by atoms with Gasteiger partial charge in [0.1, 0.15) is 5.82 Å². The summed E-state index contributed by atoms with van der Waals surface area (Å²) in [7, 11) is 1.67. The number of nitrogens with zero attached hydrogens (tertiary/aromatic N) is 4. The molecule has 0 fully saturated rings. The van der Waals surface area contributed by atoms with Crippen LogP contribution in [0.2, 0.25) is 0 Å². The molecule has 0 unspecified atom stereocenters. The molecule has 0 amide bonds. The lowest BCUT2D eigenvalue weighted by Gasteiger charge is -2.06. The van der Waals surface area contributed by atoms with Gasteiger partial charge < -0.3 is 5.32 Å². The lowest BCUT2D eigenvalue weighted by Crippen LogP contribution is -2.08. The minimum Gasteiger partial charge on any atom is -0.373 e. The van der Waals surface area contributed by atoms with E-state index >= 15 is 0 Å². The second-order valence-corrected chi connectivity index (χ2v) is 4.26. The van der Waals surface area contributed by atoms with Gasteiger partial charge in [0.2, 0.25) is 0 Å². The highest BCUT2D eigenvalue weighted by Gasteiger charge is 2.33. The molecule has 9 heteroatoms. The maximum atomic E-state index is 12.5. The first kappa shape index (κ1) is 13.7. The number of nitrogens with one attached hydrogen (secondary N) is 1. The zero-order valence-electron chi connectivity index (χ0n) is 10.1. The molecule has 0 aliphatic rings. The molecule has 0 bridgehead atoms. The highest BCUT2D eigenvalue weighted by Crippen LogP contribution is 2.28. The Bertz CT molecular complexity index is 559. The van der Waals surface area contributed by atoms with E-state index in [9.17, 15) is 13.2 Å². The summed E-state index contributed by atoms with van der Waals surface area (Å²) in [5, 5.41) is 6.74. The van der Waals surface area contributed by atoms with Gasteiger partial charge in [-0.15, -0.1) is 0 Å². The second-order valence-electron chi connectivity index (χ2n) is 3.49. The summed E-state index contributed by atoms with van der Waals surface area (Å²) in [4.78, 5) is 8.24. The molecule has 2 aromatic heterocycles. The van der Waals surface area contributed by atoms with Crippen LogP contribution in [0.3, 0.4) is 0 Å². The van der Waals surface area contributed by atoms with Gasteiger partial charge in [0.25, 0.3) is 0 Å². The van der Waals surface area contributed by atoms with Crippen LogP contribution in [0.5, 0.6) is 0 Å². The standard InChI is InChI=1S/C10H10F3N5S/c1-14-7-5-8(16-9(15-7)19-2)18-4-3-6(17-18)10(11,12)13/h3-5H,1-2H3,(H,14,15,16). The summed E-state index contributed by atoms with van der Waals surface area (Å²) < 4.78 is 38.5. The van der Waals surface area contributed by atoms with Gasteiger partial charge in [-0.1, -0.05) is 11.8 Å². The molecule has 0 saturated heterocycles. The Morgan fingerprint density at radius 2 is 2.05 bits per heavy atom. The van der Waals surface area contributed by atoms with Gasteiger partial charge in [0.15, 0.2) is 16.7 Å². The van der Waals surface area contributed by atoms with E-state index in [1.165, 1.54) is 24.0 Å². The van der Waals surface area contributed by atoms with Crippen LogP contribution in [0.25, 0.3) is 5.82 Å². The van der Waals surface area contributed by atoms with Crippen LogP contribution in [0.4, 0.5) is 19.0 Å². The maximum absolute atomic E-state index is 12.5. The van der Waals surface area contributed by atoms with E-state index in [2.05, 4.69) is 20.4 Å². The van der Waals surface area contributed by atoms with Crippen LogP contribution >= 0.6 is 11.8 Å². The summed E-state index contributed by atoms with van der Waals surface area (Å²) in [5.41, 5.74) is -0.956. The average Bonchev–Trinajstić information content (AvgIpc) is 2.87. The van der Waals surface area contributed by atoms with E-state index < -0.39 is 11.9 Å². The van der Waals surface area contributed by atoms with Crippen molar-refractivity contribution in [2.75, 3.05) is 18.6 Å². The molecular formula is C10H10F3N5S. The molecule has 0 radical (unpaired) electrons. The van der Waals surface area contributed by atoms with Gasteiger partial charge in [-0.2, -0.15) is 18.3 Å². The first-order valence-corrected chi connectivity index (χ1v) is 6.40. The van der Waals surface area contributed by atoms with Gasteiger partial charge in [0, 0.05) is 19.3 Å². The van der Waals surface area contributed by atoms with E-state index in [1.807, 2.05) is 0 Å². The molecule has 0 spiro atoms. The number of anilines is 1. The molecule has 2 rings (SSSR count). The number of hydrogen-bond donors (Lipinski definition) is 1. The van der Waals surface area contributed by atoms with Crippen molar-refractivity contribution in [2.45, 2.75) is 11.3 Å². The molecule has 5 nitrogen and oxygen atoms in total. The zero-order chi connectivity index (χ0) is 14.0. The Hall–Kier alpha value is -1.77. The quantitative estimate of drug-likeness (QED) is 0.695. The van der Waals surface area contributed by atoms with Crippen LogP contribution < -0.4 is 5.32 Å². The van der Waals surface area contributed by atoms with Gasteiger partial charge in [-0.05, 0) is 12.3 Å². The predicted molar refractivity (Wildman–Crippen MR) is 65.5 cm³/mol. The minimum absolute atomic E-state index is 0.277. The van der Waals surface area contributed by atoms with E-state index in [-0.39, 0.29) is 5.82 Å². The van der Waals surface area contributed by atoms with Crippen molar-refractivity contribution in [1.82, 2.24) is 19.7 Å². The summed E-state index contributed by atoms with van der Waals surface area (Å²) in [5.74, 6) is 0.789. The van der Waals surface area contributed by atoms with Crippen molar-refractivity contribution in [1.29, 1.82) is 0 Å². The molecule has 2 aromatic rings. The SMILES string of the molecule is CNc1cc(-n2ccc(C(F)(F)F)n2)nc(SC)n1. The molecule has 0 aromatic carbocycles. The van der Waals surface area contributed by atoms with Crippen molar-refractivity contribution in [3.63, 3.8) is 0 Å². The smallest absolute Gasteiger partial charge is 0.373 e. The number of rotatable bonds is 3. The number of halogens is 3. The molecule has 0 aliphatic heterocycles. The molecule has 102 valence electrons. The molecule has 0 atom stereocenters. The van der Waals surface area contributed by atoms with Crippen LogP contribution in [0.1, 0.15) is 5.69 Å². The number of hydrogen-bond acceptors (Lipinski definition) is 5. The fraction of sp³-hybridized carbons (Fsp3) is 0.300. The molecule has 0 saturated carbocycles. The Kier molecular flexibility index (Phi) is 3.65. The van der Waals surface area contributed by atoms with Crippen molar-refractivity contribution in [3.8, 4) is 5.82 Å². The Labute approximate surface area is 111 Å². The highest BCUT2D eigenvalue weighted by molar-refractivity contribution is 7.98. The van der Waals surface area contributed by atoms with Crippen LogP contribution in [0, 0.1) is 0 Å². The summed E-state index contributed by atoms with van der Waals surface area (Å²) in [6.07, 6.45) is -1.47. The number of thioether (sulfide) groups is 1. The fourth-order valence-corrected chi connectivity index (χ4v) is 1.73. The van der Waals surface area contributed by atoms with Crippen LogP contribution in [-0.4, -0.2) is 33.1 Å². The van der Waals surface area contributed by atoms with E-state index in [1.54, 1.807) is 13.3 Å². The minimum atomic E-state index is -4.47. The van der Waals surface area contributed by atoms with Gasteiger partial charge in [-0.25, -0.2) is 14.6 Å². The summed E-state index contributed by atoms with van der Waals surface area (Å²) in [6.45, 7) is 0. The molecule has 2 heterocycles. The molecule has 0 aliphatic carbocycles. The van der Waals surface area contributed by atoms with Crippen molar-refractivity contribution >= 4 is 17.6 Å². The predicted octanol–water partition coefficient (Wildman–Crippen LogP) is 2.44. The van der Waals surface area contributed by atoms with Crippen molar-refractivity contribution in [3.05, 3.63) is 24.0 Å². The van der Waals surface area contributed by atoms with Gasteiger partial charge in [-0.3, -0.25) is 0 Å². The average molecular weight is 289 g/mol. The third-order valence-corrected chi connectivity index (χ3v) is 2.79. The third kappa shape index (κ3) is 2.98.